The number of nitrogens with zero attached hydrogens (tertiary/aromatic N) is 3. The maximum atomic E-state index is 5.87. The first kappa shape index (κ1) is 13.5. The topological polar surface area (TPSA) is 39.4 Å². The van der Waals surface area contributed by atoms with Gasteiger partial charge in [0.25, 0.3) is 0 Å². The van der Waals surface area contributed by atoms with Gasteiger partial charge < -0.3 is 8.99 Å². The maximum absolute atomic E-state index is 5.87. The third-order valence-corrected chi connectivity index (χ3v) is 3.55. The van der Waals surface area contributed by atoms with E-state index in [-0.39, 0.29) is 0 Å². The molecule has 19 heavy (non-hydrogen) atoms. The third-order valence-electron chi connectivity index (χ3n) is 2.82. The molecule has 0 aliphatic rings. The Bertz CT molecular complexity index is 590. The molecule has 0 aliphatic heterocycles. The zero-order valence-corrected chi connectivity index (χ0v) is 12.9. The van der Waals surface area contributed by atoms with Crippen molar-refractivity contribution < 1.29 is 4.43 Å². The number of benzene rings is 1. The van der Waals surface area contributed by atoms with Gasteiger partial charge >= 0.3 is 0 Å². The van der Waals surface area contributed by atoms with Crippen molar-refractivity contribution in [3.8, 4) is 5.75 Å². The number of aryl methyl sites for hydroxylation is 1. The van der Waals surface area contributed by atoms with Crippen molar-refractivity contribution in [2.24, 2.45) is 12.0 Å². The molecule has 0 aliphatic carbocycles. The molecule has 0 N–H and O–H groups in total. The van der Waals surface area contributed by atoms with E-state index in [0.717, 1.165) is 22.8 Å². The molecule has 0 radical (unpaired) electrons. The Morgan fingerprint density at radius 1 is 1.32 bits per heavy atom. The van der Waals surface area contributed by atoms with Crippen molar-refractivity contribution in [3.05, 3.63) is 42.0 Å². The van der Waals surface area contributed by atoms with Gasteiger partial charge in [-0.25, -0.2) is 4.98 Å². The lowest BCUT2D eigenvalue weighted by atomic mass is 10.3. The van der Waals surface area contributed by atoms with E-state index >= 15 is 0 Å². The fraction of sp³-hybridized carbons (Fsp3) is 0.286. The van der Waals surface area contributed by atoms with Crippen LogP contribution in [0.4, 0.5) is 5.69 Å². The van der Waals surface area contributed by atoms with Crippen molar-refractivity contribution in [2.45, 2.75) is 20.0 Å². The van der Waals surface area contributed by atoms with E-state index in [0.29, 0.717) is 0 Å². The van der Waals surface area contributed by atoms with E-state index in [1.54, 1.807) is 12.5 Å². The molecule has 4 nitrogen and oxygen atoms in total. The second-order valence-electron chi connectivity index (χ2n) is 4.72. The summed E-state index contributed by atoms with van der Waals surface area (Å²) in [5, 5.41) is 0. The molecule has 100 valence electrons. The number of imidazole rings is 1. The third kappa shape index (κ3) is 3.32. The van der Waals surface area contributed by atoms with Crippen molar-refractivity contribution in [2.75, 3.05) is 0 Å². The van der Waals surface area contributed by atoms with Gasteiger partial charge in [0, 0.05) is 12.7 Å². The summed E-state index contributed by atoms with van der Waals surface area (Å²) in [6, 6.07) is 7.86. The van der Waals surface area contributed by atoms with Crippen LogP contribution in [-0.2, 0) is 7.05 Å². The molecule has 1 heterocycles. The molecule has 0 saturated heterocycles. The highest BCUT2D eigenvalue weighted by Crippen LogP contribution is 2.27. The van der Waals surface area contributed by atoms with E-state index in [9.17, 15) is 0 Å². The first-order valence-corrected chi connectivity index (χ1v) is 9.13. The molecular weight excluding hydrogens is 254 g/mol. The molecule has 2 rings (SSSR count). The highest BCUT2D eigenvalue weighted by molar-refractivity contribution is 6.49. The minimum atomic E-state index is -1.12. The molecule has 0 unspecified atom stereocenters. The van der Waals surface area contributed by atoms with Gasteiger partial charge in [0.05, 0.1) is 12.5 Å². The molecule has 1 aromatic carbocycles. The quantitative estimate of drug-likeness (QED) is 0.635. The highest BCUT2D eigenvalue weighted by Gasteiger charge is 2.05. The van der Waals surface area contributed by atoms with Gasteiger partial charge in [-0.3, -0.25) is 4.99 Å². The van der Waals surface area contributed by atoms with Gasteiger partial charge in [-0.05, 0) is 32.2 Å². The van der Waals surface area contributed by atoms with Crippen molar-refractivity contribution >= 4 is 20.9 Å². The zero-order chi connectivity index (χ0) is 13.8. The summed E-state index contributed by atoms with van der Waals surface area (Å²) in [6.45, 7) is 6.31. The van der Waals surface area contributed by atoms with Crippen LogP contribution in [0.5, 0.6) is 5.75 Å². The number of aromatic nitrogens is 2. The van der Waals surface area contributed by atoms with Crippen molar-refractivity contribution in [3.63, 3.8) is 0 Å². The van der Waals surface area contributed by atoms with Gasteiger partial charge in [0.2, 0.25) is 9.04 Å². The summed E-state index contributed by atoms with van der Waals surface area (Å²) >= 11 is 0. The number of rotatable bonds is 4. The lowest BCUT2D eigenvalue weighted by Crippen LogP contribution is -2.11. The minimum Gasteiger partial charge on any atom is -0.546 e. The van der Waals surface area contributed by atoms with Crippen LogP contribution >= 0.6 is 0 Å². The molecule has 2 aromatic rings. The highest BCUT2D eigenvalue weighted by atomic mass is 28.3. The molecule has 0 saturated carbocycles. The second-order valence-corrected chi connectivity index (χ2v) is 7.05. The van der Waals surface area contributed by atoms with E-state index < -0.39 is 9.04 Å². The predicted molar refractivity (Wildman–Crippen MR) is 81.1 cm³/mol. The van der Waals surface area contributed by atoms with Crippen LogP contribution in [0.25, 0.3) is 0 Å². The molecule has 0 spiro atoms. The Labute approximate surface area is 115 Å². The van der Waals surface area contributed by atoms with Crippen LogP contribution in [0.2, 0.25) is 13.1 Å². The SMILES string of the molecule is Cc1c(C=Nc2ccccc2O[SiH](C)C)ncn1C. The van der Waals surface area contributed by atoms with Crippen LogP contribution < -0.4 is 4.43 Å². The number of aliphatic imine (C=N–C) groups is 1. The molecule has 0 atom stereocenters. The number of hydrogen-bond donors (Lipinski definition) is 0. The van der Waals surface area contributed by atoms with Gasteiger partial charge in [-0.15, -0.1) is 0 Å². The standard InChI is InChI=1S/C14H19N3OSi/c1-11-13(16-10-17(11)2)9-15-12-7-5-6-8-14(12)18-19(3)4/h5-10,19H,1-4H3. The molecule has 1 aromatic heterocycles. The minimum absolute atomic E-state index is 0.855. The average Bonchev–Trinajstić information content (AvgIpc) is 2.68. The smallest absolute Gasteiger partial charge is 0.229 e. The van der Waals surface area contributed by atoms with Crippen LogP contribution in [0.3, 0.4) is 0 Å². The normalized spacial score (nSPS) is 11.4. The maximum Gasteiger partial charge on any atom is 0.229 e. The number of para-hydroxylation sites is 2. The summed E-state index contributed by atoms with van der Waals surface area (Å²) in [6.07, 6.45) is 3.58. The van der Waals surface area contributed by atoms with Crippen LogP contribution in [-0.4, -0.2) is 24.8 Å². The lowest BCUT2D eigenvalue weighted by Gasteiger charge is -2.11. The molecule has 5 heteroatoms. The first-order valence-electron chi connectivity index (χ1n) is 6.35. The zero-order valence-electron chi connectivity index (χ0n) is 11.8. The van der Waals surface area contributed by atoms with E-state index in [1.807, 2.05) is 42.8 Å². The van der Waals surface area contributed by atoms with E-state index in [2.05, 4.69) is 23.1 Å². The fourth-order valence-corrected chi connectivity index (χ4v) is 2.39. The summed E-state index contributed by atoms with van der Waals surface area (Å²) in [5.41, 5.74) is 2.84. The Morgan fingerprint density at radius 2 is 2.05 bits per heavy atom. The van der Waals surface area contributed by atoms with Crippen LogP contribution in [0.15, 0.2) is 35.6 Å². The Balaban J connectivity index is 2.25. The van der Waals surface area contributed by atoms with E-state index in [1.165, 1.54) is 0 Å². The monoisotopic (exact) mass is 273 g/mol. The van der Waals surface area contributed by atoms with E-state index in [4.69, 9.17) is 4.43 Å². The van der Waals surface area contributed by atoms with Gasteiger partial charge in [-0.1, -0.05) is 12.1 Å². The summed E-state index contributed by atoms with van der Waals surface area (Å²) < 4.78 is 7.85. The largest absolute Gasteiger partial charge is 0.546 e. The summed E-state index contributed by atoms with van der Waals surface area (Å²) in [5.74, 6) is 0.856. The average molecular weight is 273 g/mol. The molecule has 0 bridgehead atoms. The Morgan fingerprint density at radius 3 is 2.68 bits per heavy atom. The molecule has 0 amide bonds. The Kier molecular flexibility index (Phi) is 4.16. The van der Waals surface area contributed by atoms with Crippen LogP contribution in [0.1, 0.15) is 11.4 Å². The lowest BCUT2D eigenvalue weighted by molar-refractivity contribution is 0.582. The summed E-state index contributed by atoms with van der Waals surface area (Å²) in [7, 11) is 0.850. The van der Waals surface area contributed by atoms with Gasteiger partial charge in [0.15, 0.2) is 0 Å². The van der Waals surface area contributed by atoms with Crippen LogP contribution in [0, 0.1) is 6.92 Å². The van der Waals surface area contributed by atoms with Crippen molar-refractivity contribution in [1.29, 1.82) is 0 Å². The second kappa shape index (κ2) is 5.84. The van der Waals surface area contributed by atoms with Gasteiger partial charge in [0.1, 0.15) is 17.1 Å². The Hall–Kier alpha value is -1.88. The molecule has 0 fully saturated rings. The first-order chi connectivity index (χ1) is 9.08. The summed E-state index contributed by atoms with van der Waals surface area (Å²) in [4.78, 5) is 8.80. The van der Waals surface area contributed by atoms with Crippen molar-refractivity contribution in [1.82, 2.24) is 9.55 Å². The fourth-order valence-electron chi connectivity index (χ4n) is 1.68. The van der Waals surface area contributed by atoms with Gasteiger partial charge in [-0.2, -0.15) is 0 Å². The number of hydrogen-bond acceptors (Lipinski definition) is 3. The molecular formula is C14H19N3OSi. The predicted octanol–water partition coefficient (Wildman–Crippen LogP) is 2.84.